The quantitative estimate of drug-likeness (QED) is 0.517. The SMILES string of the molecule is CC(C)CNC(=O)[C@H](C)N(Cc1cccc(Br)c1)C(=O)CCN1C(=O)c2ccccc2S1(=O)=O. The Bertz CT molecular complexity index is 1200. The Morgan fingerprint density at radius 1 is 1.09 bits per heavy atom. The van der Waals surface area contributed by atoms with Crippen LogP contribution in [-0.4, -0.2) is 54.5 Å². The van der Waals surface area contributed by atoms with Crippen LogP contribution in [0.2, 0.25) is 0 Å². The third-order valence-electron chi connectivity index (χ3n) is 5.53. The Labute approximate surface area is 208 Å². The molecule has 0 aliphatic carbocycles. The highest BCUT2D eigenvalue weighted by Gasteiger charge is 2.41. The van der Waals surface area contributed by atoms with Gasteiger partial charge in [0.2, 0.25) is 11.8 Å². The first-order chi connectivity index (χ1) is 16.0. The monoisotopic (exact) mass is 549 g/mol. The standard InChI is InChI=1S/C24H28BrN3O5S/c1-16(2)14-26-23(30)17(3)27(15-18-7-6-8-19(25)13-18)22(29)11-12-28-24(31)20-9-4-5-10-21(20)34(28,32)33/h4-10,13,16-17H,11-12,14-15H2,1-3H3,(H,26,30)/t17-/m0/s1. The van der Waals surface area contributed by atoms with Crippen LogP contribution >= 0.6 is 15.9 Å². The van der Waals surface area contributed by atoms with E-state index < -0.39 is 27.9 Å². The van der Waals surface area contributed by atoms with Gasteiger partial charge in [0.15, 0.2) is 0 Å². The number of amides is 3. The molecule has 0 spiro atoms. The van der Waals surface area contributed by atoms with Crippen LogP contribution in [0, 0.1) is 5.92 Å². The molecule has 0 saturated carbocycles. The first kappa shape index (κ1) is 25.9. The second-order valence-electron chi connectivity index (χ2n) is 8.60. The molecular weight excluding hydrogens is 522 g/mol. The first-order valence-electron chi connectivity index (χ1n) is 11.0. The lowest BCUT2D eigenvalue weighted by molar-refractivity contribution is -0.140. The Kier molecular flexibility index (Phi) is 8.14. The predicted molar refractivity (Wildman–Crippen MR) is 131 cm³/mol. The van der Waals surface area contributed by atoms with Gasteiger partial charge in [-0.3, -0.25) is 14.4 Å². The number of carbonyl (C=O) groups is 3. The van der Waals surface area contributed by atoms with Crippen molar-refractivity contribution in [3.05, 3.63) is 64.1 Å². The molecule has 1 aliphatic heterocycles. The number of nitrogens with zero attached hydrogens (tertiary/aromatic N) is 2. The summed E-state index contributed by atoms with van der Waals surface area (Å²) in [5.74, 6) is -1.12. The topological polar surface area (TPSA) is 104 Å². The summed E-state index contributed by atoms with van der Waals surface area (Å²) in [4.78, 5) is 40.0. The molecule has 182 valence electrons. The fourth-order valence-electron chi connectivity index (χ4n) is 3.66. The molecule has 3 amide bonds. The van der Waals surface area contributed by atoms with Gasteiger partial charge in [-0.2, -0.15) is 0 Å². The zero-order valence-corrected chi connectivity index (χ0v) is 21.7. The summed E-state index contributed by atoms with van der Waals surface area (Å²) in [5.41, 5.74) is 0.908. The normalized spacial score (nSPS) is 15.2. The molecule has 0 radical (unpaired) electrons. The van der Waals surface area contributed by atoms with Gasteiger partial charge in [-0.1, -0.05) is 54.0 Å². The van der Waals surface area contributed by atoms with Crippen LogP contribution in [0.15, 0.2) is 57.9 Å². The van der Waals surface area contributed by atoms with Crippen molar-refractivity contribution in [1.82, 2.24) is 14.5 Å². The van der Waals surface area contributed by atoms with Gasteiger partial charge in [0.25, 0.3) is 15.9 Å². The van der Waals surface area contributed by atoms with E-state index in [9.17, 15) is 22.8 Å². The second kappa shape index (κ2) is 10.7. The summed E-state index contributed by atoms with van der Waals surface area (Å²) in [6, 6.07) is 12.6. The van der Waals surface area contributed by atoms with Gasteiger partial charge in [0.1, 0.15) is 10.9 Å². The van der Waals surface area contributed by atoms with Gasteiger partial charge in [0, 0.05) is 30.5 Å². The first-order valence-corrected chi connectivity index (χ1v) is 13.2. The number of halogens is 1. The summed E-state index contributed by atoms with van der Waals surface area (Å²) < 4.78 is 27.2. The molecule has 1 aliphatic rings. The van der Waals surface area contributed by atoms with Crippen LogP contribution in [0.3, 0.4) is 0 Å². The van der Waals surface area contributed by atoms with E-state index in [4.69, 9.17) is 0 Å². The Hall–Kier alpha value is -2.72. The minimum Gasteiger partial charge on any atom is -0.354 e. The number of nitrogens with one attached hydrogen (secondary N) is 1. The molecule has 2 aromatic rings. The Balaban J connectivity index is 1.78. The number of fused-ring (bicyclic) bond motifs is 1. The lowest BCUT2D eigenvalue weighted by Gasteiger charge is -2.29. The van der Waals surface area contributed by atoms with E-state index in [1.807, 2.05) is 38.1 Å². The van der Waals surface area contributed by atoms with Crippen LogP contribution in [0.5, 0.6) is 0 Å². The lowest BCUT2D eigenvalue weighted by atomic mass is 10.1. The van der Waals surface area contributed by atoms with Gasteiger partial charge in [-0.25, -0.2) is 12.7 Å². The van der Waals surface area contributed by atoms with Crippen molar-refractivity contribution in [2.75, 3.05) is 13.1 Å². The fourth-order valence-corrected chi connectivity index (χ4v) is 5.68. The molecule has 0 fully saturated rings. The van der Waals surface area contributed by atoms with Crippen molar-refractivity contribution in [2.24, 2.45) is 5.92 Å². The van der Waals surface area contributed by atoms with Crippen molar-refractivity contribution in [1.29, 1.82) is 0 Å². The van der Waals surface area contributed by atoms with E-state index >= 15 is 0 Å². The maximum atomic E-state index is 13.3. The highest BCUT2D eigenvalue weighted by Crippen LogP contribution is 2.30. The highest BCUT2D eigenvalue weighted by molar-refractivity contribution is 9.10. The van der Waals surface area contributed by atoms with Gasteiger partial charge < -0.3 is 10.2 Å². The largest absolute Gasteiger partial charge is 0.354 e. The van der Waals surface area contributed by atoms with Crippen LogP contribution < -0.4 is 5.32 Å². The zero-order chi connectivity index (χ0) is 25.0. The predicted octanol–water partition coefficient (Wildman–Crippen LogP) is 3.17. The number of sulfonamides is 1. The molecular formula is C24H28BrN3O5S. The van der Waals surface area contributed by atoms with Crippen molar-refractivity contribution in [2.45, 2.75) is 44.7 Å². The van der Waals surface area contributed by atoms with Crippen LogP contribution in [0.1, 0.15) is 43.1 Å². The number of benzene rings is 2. The molecule has 1 heterocycles. The molecule has 0 aromatic heterocycles. The van der Waals surface area contributed by atoms with E-state index in [1.165, 1.54) is 17.0 Å². The maximum absolute atomic E-state index is 13.3. The minimum absolute atomic E-state index is 0.0557. The molecule has 0 unspecified atom stereocenters. The Morgan fingerprint density at radius 3 is 2.44 bits per heavy atom. The maximum Gasteiger partial charge on any atom is 0.269 e. The van der Waals surface area contributed by atoms with E-state index in [0.717, 1.165) is 14.3 Å². The third kappa shape index (κ3) is 5.67. The summed E-state index contributed by atoms with van der Waals surface area (Å²) >= 11 is 3.41. The van der Waals surface area contributed by atoms with Gasteiger partial charge in [-0.15, -0.1) is 0 Å². The van der Waals surface area contributed by atoms with Crippen LogP contribution in [0.25, 0.3) is 0 Å². The average Bonchev–Trinajstić information content (AvgIpc) is 2.99. The van der Waals surface area contributed by atoms with Crippen molar-refractivity contribution >= 4 is 43.7 Å². The van der Waals surface area contributed by atoms with E-state index in [-0.39, 0.29) is 41.8 Å². The second-order valence-corrected chi connectivity index (χ2v) is 11.3. The van der Waals surface area contributed by atoms with Gasteiger partial charge >= 0.3 is 0 Å². The van der Waals surface area contributed by atoms with Crippen molar-refractivity contribution in [3.63, 3.8) is 0 Å². The van der Waals surface area contributed by atoms with Crippen molar-refractivity contribution < 1.29 is 22.8 Å². The minimum atomic E-state index is -4.01. The Morgan fingerprint density at radius 2 is 1.79 bits per heavy atom. The van der Waals surface area contributed by atoms with E-state index in [0.29, 0.717) is 6.54 Å². The van der Waals surface area contributed by atoms with Crippen LogP contribution in [0.4, 0.5) is 0 Å². The third-order valence-corrected chi connectivity index (χ3v) is 7.87. The number of carbonyl (C=O) groups excluding carboxylic acids is 3. The summed E-state index contributed by atoms with van der Waals surface area (Å²) in [6.07, 6.45) is -0.241. The number of hydrogen-bond donors (Lipinski definition) is 1. The molecule has 3 rings (SSSR count). The molecule has 2 aromatic carbocycles. The molecule has 0 saturated heterocycles. The molecule has 10 heteroatoms. The fraction of sp³-hybridized carbons (Fsp3) is 0.375. The summed E-state index contributed by atoms with van der Waals surface area (Å²) in [6.45, 7) is 5.92. The van der Waals surface area contributed by atoms with Crippen molar-refractivity contribution in [3.8, 4) is 0 Å². The van der Waals surface area contributed by atoms with Gasteiger partial charge in [0.05, 0.1) is 5.56 Å². The molecule has 1 atom stereocenters. The lowest BCUT2D eigenvalue weighted by Crippen LogP contribution is -2.49. The number of rotatable bonds is 9. The zero-order valence-electron chi connectivity index (χ0n) is 19.3. The van der Waals surface area contributed by atoms with Crippen LogP contribution in [-0.2, 0) is 26.2 Å². The molecule has 34 heavy (non-hydrogen) atoms. The van der Waals surface area contributed by atoms with E-state index in [1.54, 1.807) is 19.1 Å². The number of hydrogen-bond acceptors (Lipinski definition) is 5. The molecule has 0 bridgehead atoms. The summed E-state index contributed by atoms with van der Waals surface area (Å²) in [5, 5.41) is 2.84. The average molecular weight is 550 g/mol. The highest BCUT2D eigenvalue weighted by atomic mass is 79.9. The molecule has 8 nitrogen and oxygen atoms in total. The summed E-state index contributed by atoms with van der Waals surface area (Å²) in [7, 11) is -4.01. The van der Waals surface area contributed by atoms with Gasteiger partial charge in [-0.05, 0) is 42.7 Å². The van der Waals surface area contributed by atoms with E-state index in [2.05, 4.69) is 21.2 Å². The smallest absolute Gasteiger partial charge is 0.269 e. The molecule has 1 N–H and O–H groups in total.